The van der Waals surface area contributed by atoms with Crippen molar-refractivity contribution in [3.63, 3.8) is 0 Å². The lowest BCUT2D eigenvalue weighted by molar-refractivity contribution is 0.0124. The van der Waals surface area contributed by atoms with E-state index in [4.69, 9.17) is 4.74 Å². The number of nitrogens with one attached hydrogen (secondary N) is 1. The molecule has 1 aromatic rings. The molecule has 0 aliphatic heterocycles. The van der Waals surface area contributed by atoms with Gasteiger partial charge in [0.05, 0.1) is 5.60 Å². The quantitative estimate of drug-likeness (QED) is 0.655. The Hall–Kier alpha value is -0.380. The molecule has 114 valence electrons. The lowest BCUT2D eigenvalue weighted by Gasteiger charge is -2.26. The van der Waals surface area contributed by atoms with Crippen molar-refractivity contribution in [2.75, 3.05) is 20.2 Å². The molecule has 1 aromatic carbocycles. The highest BCUT2D eigenvalue weighted by atomic mass is 79.9. The first-order valence-corrected chi connectivity index (χ1v) is 8.29. The Kier molecular flexibility index (Phi) is 7.78. The van der Waals surface area contributed by atoms with Crippen LogP contribution < -0.4 is 5.32 Å². The van der Waals surface area contributed by atoms with Gasteiger partial charge in [-0.3, -0.25) is 0 Å². The van der Waals surface area contributed by atoms with Crippen LogP contribution in [0.3, 0.4) is 0 Å². The normalized spacial score (nSPS) is 13.4. The van der Waals surface area contributed by atoms with Gasteiger partial charge in [0.1, 0.15) is 0 Å². The molecular formula is C17H28BrNO. The van der Waals surface area contributed by atoms with Crippen molar-refractivity contribution in [2.45, 2.75) is 51.6 Å². The summed E-state index contributed by atoms with van der Waals surface area (Å²) in [5.41, 5.74) is 1.35. The predicted octanol–water partition coefficient (Wildman–Crippen LogP) is 4.74. The van der Waals surface area contributed by atoms with Crippen molar-refractivity contribution in [1.82, 2.24) is 5.32 Å². The smallest absolute Gasteiger partial charge is 0.0623 e. The topological polar surface area (TPSA) is 21.3 Å². The van der Waals surface area contributed by atoms with Crippen LogP contribution >= 0.6 is 15.9 Å². The standard InChI is InChI=1S/C17H28BrNO/c1-5-11-19-13-15(9-10-17(2,3)20-4)14-7-6-8-16(18)12-14/h6-8,12,15,19H,5,9-11,13H2,1-4H3. The SMILES string of the molecule is CCCNCC(CCC(C)(C)OC)c1cccc(Br)c1. The second-order valence-electron chi connectivity index (χ2n) is 5.96. The van der Waals surface area contributed by atoms with E-state index < -0.39 is 0 Å². The average molecular weight is 342 g/mol. The van der Waals surface area contributed by atoms with E-state index in [-0.39, 0.29) is 5.60 Å². The predicted molar refractivity (Wildman–Crippen MR) is 90.4 cm³/mol. The molecule has 0 aromatic heterocycles. The van der Waals surface area contributed by atoms with E-state index in [0.717, 1.165) is 30.4 Å². The number of ether oxygens (including phenoxy) is 1. The van der Waals surface area contributed by atoms with Gasteiger partial charge in [-0.2, -0.15) is 0 Å². The summed E-state index contributed by atoms with van der Waals surface area (Å²) in [6.07, 6.45) is 3.37. The van der Waals surface area contributed by atoms with Crippen LogP contribution in [-0.2, 0) is 4.74 Å². The number of rotatable bonds is 9. The fraction of sp³-hybridized carbons (Fsp3) is 0.647. The molecule has 0 saturated carbocycles. The molecule has 2 nitrogen and oxygen atoms in total. The molecule has 0 saturated heterocycles. The highest BCUT2D eigenvalue weighted by molar-refractivity contribution is 9.10. The van der Waals surface area contributed by atoms with Gasteiger partial charge in [0.25, 0.3) is 0 Å². The highest BCUT2D eigenvalue weighted by Crippen LogP contribution is 2.27. The molecule has 0 fully saturated rings. The van der Waals surface area contributed by atoms with Crippen LogP contribution in [0.1, 0.15) is 51.5 Å². The van der Waals surface area contributed by atoms with Crippen molar-refractivity contribution in [1.29, 1.82) is 0 Å². The van der Waals surface area contributed by atoms with Crippen LogP contribution in [0.15, 0.2) is 28.7 Å². The largest absolute Gasteiger partial charge is 0.379 e. The van der Waals surface area contributed by atoms with Gasteiger partial charge in [-0.25, -0.2) is 0 Å². The second-order valence-corrected chi connectivity index (χ2v) is 6.87. The lowest BCUT2D eigenvalue weighted by Crippen LogP contribution is -2.27. The summed E-state index contributed by atoms with van der Waals surface area (Å²) in [5.74, 6) is 0.536. The van der Waals surface area contributed by atoms with Gasteiger partial charge < -0.3 is 10.1 Å². The van der Waals surface area contributed by atoms with Gasteiger partial charge in [0, 0.05) is 18.1 Å². The Morgan fingerprint density at radius 2 is 2.10 bits per heavy atom. The third-order valence-corrected chi connectivity index (χ3v) is 4.28. The summed E-state index contributed by atoms with van der Waals surface area (Å²) < 4.78 is 6.70. The summed E-state index contributed by atoms with van der Waals surface area (Å²) in [6.45, 7) is 8.63. The molecular weight excluding hydrogens is 314 g/mol. The molecule has 0 aliphatic rings. The molecule has 0 bridgehead atoms. The van der Waals surface area contributed by atoms with E-state index in [0.29, 0.717) is 5.92 Å². The minimum absolute atomic E-state index is 0.0466. The van der Waals surface area contributed by atoms with Gasteiger partial charge in [0.2, 0.25) is 0 Å². The van der Waals surface area contributed by atoms with Gasteiger partial charge >= 0.3 is 0 Å². The van der Waals surface area contributed by atoms with E-state index in [9.17, 15) is 0 Å². The molecule has 1 N–H and O–H groups in total. The first-order chi connectivity index (χ1) is 9.48. The summed E-state index contributed by atoms with van der Waals surface area (Å²) in [5, 5.41) is 3.55. The fourth-order valence-electron chi connectivity index (χ4n) is 2.22. The zero-order valence-electron chi connectivity index (χ0n) is 13.2. The third kappa shape index (κ3) is 6.38. The molecule has 3 heteroatoms. The number of hydrogen-bond donors (Lipinski definition) is 1. The second kappa shape index (κ2) is 8.81. The first-order valence-electron chi connectivity index (χ1n) is 7.50. The number of benzene rings is 1. The van der Waals surface area contributed by atoms with Crippen LogP contribution in [0.2, 0.25) is 0 Å². The van der Waals surface area contributed by atoms with Crippen LogP contribution in [0.4, 0.5) is 0 Å². The Labute approximate surface area is 132 Å². The Morgan fingerprint density at radius 1 is 1.35 bits per heavy atom. The Balaban J connectivity index is 2.69. The minimum atomic E-state index is -0.0466. The van der Waals surface area contributed by atoms with Crippen LogP contribution in [0.25, 0.3) is 0 Å². The zero-order valence-corrected chi connectivity index (χ0v) is 14.8. The maximum absolute atomic E-state index is 5.54. The van der Waals surface area contributed by atoms with Gasteiger partial charge in [-0.1, -0.05) is 35.0 Å². The van der Waals surface area contributed by atoms with Gasteiger partial charge in [0.15, 0.2) is 0 Å². The Morgan fingerprint density at radius 3 is 2.70 bits per heavy atom. The molecule has 0 spiro atoms. The van der Waals surface area contributed by atoms with Gasteiger partial charge in [-0.05, 0) is 63.3 Å². The van der Waals surface area contributed by atoms with Crippen molar-refractivity contribution in [3.05, 3.63) is 34.3 Å². The molecule has 1 unspecified atom stereocenters. The van der Waals surface area contributed by atoms with E-state index in [1.807, 2.05) is 0 Å². The first kappa shape index (κ1) is 17.7. The molecule has 1 atom stereocenters. The summed E-state index contributed by atoms with van der Waals surface area (Å²) >= 11 is 3.57. The van der Waals surface area contributed by atoms with Crippen LogP contribution in [0, 0.1) is 0 Å². The zero-order chi connectivity index (χ0) is 15.0. The monoisotopic (exact) mass is 341 g/mol. The van der Waals surface area contributed by atoms with E-state index >= 15 is 0 Å². The number of hydrogen-bond acceptors (Lipinski definition) is 2. The average Bonchev–Trinajstić information content (AvgIpc) is 2.42. The van der Waals surface area contributed by atoms with Gasteiger partial charge in [-0.15, -0.1) is 0 Å². The highest BCUT2D eigenvalue weighted by Gasteiger charge is 2.20. The van der Waals surface area contributed by atoms with E-state index in [1.54, 1.807) is 7.11 Å². The summed E-state index contributed by atoms with van der Waals surface area (Å²) in [4.78, 5) is 0. The van der Waals surface area contributed by atoms with Crippen molar-refractivity contribution < 1.29 is 4.74 Å². The molecule has 0 aliphatic carbocycles. The number of methoxy groups -OCH3 is 1. The molecule has 1 rings (SSSR count). The Bertz CT molecular complexity index is 392. The van der Waals surface area contributed by atoms with E-state index in [2.05, 4.69) is 66.3 Å². The van der Waals surface area contributed by atoms with Crippen molar-refractivity contribution >= 4 is 15.9 Å². The maximum Gasteiger partial charge on any atom is 0.0623 e. The molecule has 0 radical (unpaired) electrons. The third-order valence-electron chi connectivity index (χ3n) is 3.79. The fourth-order valence-corrected chi connectivity index (χ4v) is 2.64. The minimum Gasteiger partial charge on any atom is -0.379 e. The van der Waals surface area contributed by atoms with E-state index in [1.165, 1.54) is 12.0 Å². The number of halogens is 1. The van der Waals surface area contributed by atoms with Crippen molar-refractivity contribution in [3.8, 4) is 0 Å². The van der Waals surface area contributed by atoms with Crippen molar-refractivity contribution in [2.24, 2.45) is 0 Å². The van der Waals surface area contributed by atoms with Crippen LogP contribution in [0.5, 0.6) is 0 Å². The molecule has 0 heterocycles. The molecule has 0 amide bonds. The summed E-state index contributed by atoms with van der Waals surface area (Å²) in [7, 11) is 1.80. The lowest BCUT2D eigenvalue weighted by atomic mass is 9.89. The maximum atomic E-state index is 5.54. The van der Waals surface area contributed by atoms with Crippen LogP contribution in [-0.4, -0.2) is 25.8 Å². The molecule has 20 heavy (non-hydrogen) atoms. The summed E-state index contributed by atoms with van der Waals surface area (Å²) in [6, 6.07) is 8.66.